The van der Waals surface area contributed by atoms with Gasteiger partial charge in [-0.05, 0) is 56.3 Å². The second-order valence-electron chi connectivity index (χ2n) is 10.2. The summed E-state index contributed by atoms with van der Waals surface area (Å²) in [5.74, 6) is 1.00. The topological polar surface area (TPSA) is 88.3 Å². The highest BCUT2D eigenvalue weighted by molar-refractivity contribution is 7.90. The summed E-state index contributed by atoms with van der Waals surface area (Å²) in [6.07, 6.45) is 9.69. The average Bonchev–Trinajstić information content (AvgIpc) is 3.46. The molecule has 0 unspecified atom stereocenters. The summed E-state index contributed by atoms with van der Waals surface area (Å²) >= 11 is 0. The highest BCUT2D eigenvalue weighted by atomic mass is 32.2. The largest absolute Gasteiger partial charge is 0.368 e. The van der Waals surface area contributed by atoms with Crippen molar-refractivity contribution in [3.63, 3.8) is 0 Å². The van der Waals surface area contributed by atoms with Crippen molar-refractivity contribution in [3.8, 4) is 11.1 Å². The van der Waals surface area contributed by atoms with Crippen LogP contribution in [0.3, 0.4) is 0 Å². The van der Waals surface area contributed by atoms with Gasteiger partial charge in [0.25, 0.3) is 0 Å². The monoisotopic (exact) mass is 519 g/mol. The zero-order chi connectivity index (χ0) is 25.7. The van der Waals surface area contributed by atoms with Gasteiger partial charge in [0.05, 0.1) is 11.1 Å². The Kier molecular flexibility index (Phi) is 5.95. The molecule has 1 aliphatic carbocycles. The van der Waals surface area contributed by atoms with Crippen LogP contribution >= 0.6 is 0 Å². The van der Waals surface area contributed by atoms with E-state index in [2.05, 4.69) is 49.3 Å². The molecule has 0 spiro atoms. The smallest absolute Gasteiger partial charge is 0.175 e. The Balaban J connectivity index is 1.25. The minimum Gasteiger partial charge on any atom is -0.368 e. The first-order valence-corrected chi connectivity index (χ1v) is 14.7. The van der Waals surface area contributed by atoms with E-state index in [9.17, 15) is 8.42 Å². The molecule has 9 nitrogen and oxygen atoms in total. The molecule has 4 aromatic rings. The van der Waals surface area contributed by atoms with Crippen molar-refractivity contribution in [1.82, 2.24) is 24.6 Å². The first-order valence-electron chi connectivity index (χ1n) is 12.8. The van der Waals surface area contributed by atoms with Crippen LogP contribution in [-0.4, -0.2) is 73.3 Å². The van der Waals surface area contributed by atoms with E-state index in [4.69, 9.17) is 4.98 Å². The van der Waals surface area contributed by atoms with E-state index < -0.39 is 9.84 Å². The van der Waals surface area contributed by atoms with Crippen LogP contribution in [-0.2, 0) is 16.9 Å². The minimum atomic E-state index is -3.19. The number of benzene rings is 1. The molecule has 1 N–H and O–H groups in total. The van der Waals surface area contributed by atoms with Crippen LogP contribution < -0.4 is 15.1 Å². The Morgan fingerprint density at radius 1 is 0.946 bits per heavy atom. The van der Waals surface area contributed by atoms with Crippen molar-refractivity contribution in [2.75, 3.05) is 49.3 Å². The van der Waals surface area contributed by atoms with Gasteiger partial charge in [-0.2, -0.15) is 5.10 Å². The maximum Gasteiger partial charge on any atom is 0.175 e. The number of piperazine rings is 1. The second-order valence-corrected chi connectivity index (χ2v) is 12.3. The number of pyridine rings is 1. The zero-order valence-electron chi connectivity index (χ0n) is 21.5. The first-order chi connectivity index (χ1) is 17.8. The van der Waals surface area contributed by atoms with E-state index >= 15 is 0 Å². The third-order valence-electron chi connectivity index (χ3n) is 7.83. The molecule has 1 saturated carbocycles. The molecule has 0 radical (unpaired) electrons. The van der Waals surface area contributed by atoms with Crippen molar-refractivity contribution in [1.29, 1.82) is 0 Å². The fourth-order valence-corrected chi connectivity index (χ4v) is 6.14. The van der Waals surface area contributed by atoms with Crippen molar-refractivity contribution in [2.24, 2.45) is 7.05 Å². The lowest BCUT2D eigenvalue weighted by Crippen LogP contribution is -2.46. The highest BCUT2D eigenvalue weighted by Crippen LogP contribution is 2.39. The highest BCUT2D eigenvalue weighted by Gasteiger charge is 2.31. The summed E-state index contributed by atoms with van der Waals surface area (Å²) in [7, 11) is 0.795. The van der Waals surface area contributed by atoms with Crippen LogP contribution in [0.4, 0.5) is 11.5 Å². The van der Waals surface area contributed by atoms with Crippen molar-refractivity contribution >= 4 is 32.4 Å². The molecule has 0 atom stereocenters. The number of aryl methyl sites for hydroxylation is 1. The standard InChI is InChI=1S/C27H33N7O2S/c1-28-20-14-22(15-20)34-18-25(19-16-29-31(2)17-19)24-8-9-26(30-27(24)34)33-12-10-32(11-13-33)21-4-6-23(7-5-21)37(3,35)36/h4-9,16-18,20,22,28H,10-15H2,1-3H3. The molecule has 3 aromatic heterocycles. The molecule has 1 saturated heterocycles. The average molecular weight is 520 g/mol. The number of hydrogen-bond acceptors (Lipinski definition) is 7. The van der Waals surface area contributed by atoms with Gasteiger partial charge >= 0.3 is 0 Å². The van der Waals surface area contributed by atoms with Gasteiger partial charge in [0, 0.05) is 86.2 Å². The predicted molar refractivity (Wildman–Crippen MR) is 147 cm³/mol. The summed E-state index contributed by atoms with van der Waals surface area (Å²) in [5.41, 5.74) is 4.38. The number of anilines is 2. The second kappa shape index (κ2) is 9.18. The lowest BCUT2D eigenvalue weighted by molar-refractivity contribution is 0.240. The number of sulfone groups is 1. The third-order valence-corrected chi connectivity index (χ3v) is 8.96. The molecule has 0 amide bonds. The van der Waals surface area contributed by atoms with Crippen molar-refractivity contribution < 1.29 is 8.42 Å². The summed E-state index contributed by atoms with van der Waals surface area (Å²) < 4.78 is 27.8. The number of nitrogens with one attached hydrogen (secondary N) is 1. The van der Waals surface area contributed by atoms with Crippen LogP contribution in [0, 0.1) is 0 Å². The lowest BCUT2D eigenvalue weighted by Gasteiger charge is -2.37. The van der Waals surface area contributed by atoms with Crippen molar-refractivity contribution in [3.05, 3.63) is 55.0 Å². The van der Waals surface area contributed by atoms with E-state index in [-0.39, 0.29) is 0 Å². The molecule has 1 aromatic carbocycles. The van der Waals surface area contributed by atoms with Gasteiger partial charge in [0.2, 0.25) is 0 Å². The summed E-state index contributed by atoms with van der Waals surface area (Å²) in [5, 5.41) is 8.94. The molecule has 6 rings (SSSR count). The van der Waals surface area contributed by atoms with Gasteiger partial charge in [-0.15, -0.1) is 0 Å². The van der Waals surface area contributed by atoms with Crippen molar-refractivity contribution in [2.45, 2.75) is 29.8 Å². The SMILES string of the molecule is CNC1CC(n2cc(-c3cnn(C)c3)c3ccc(N4CCN(c5ccc(S(C)(=O)=O)cc5)CC4)nc32)C1. The fraction of sp³-hybridized carbons (Fsp3) is 0.407. The number of nitrogens with zero attached hydrogens (tertiary/aromatic N) is 6. The molecule has 10 heteroatoms. The number of rotatable bonds is 6. The maximum atomic E-state index is 11.8. The van der Waals surface area contributed by atoms with E-state index in [0.717, 1.165) is 67.1 Å². The maximum absolute atomic E-state index is 11.8. The molecular weight excluding hydrogens is 486 g/mol. The van der Waals surface area contributed by atoms with Gasteiger partial charge < -0.3 is 19.7 Å². The van der Waals surface area contributed by atoms with Gasteiger partial charge in [0.15, 0.2) is 9.84 Å². The summed E-state index contributed by atoms with van der Waals surface area (Å²) in [4.78, 5) is 10.2. The Labute approximate surface area is 217 Å². The van der Waals surface area contributed by atoms with E-state index in [0.29, 0.717) is 17.0 Å². The molecule has 194 valence electrons. The van der Waals surface area contributed by atoms with Crippen LogP contribution in [0.15, 0.2) is 59.9 Å². The van der Waals surface area contributed by atoms with Crippen LogP contribution in [0.2, 0.25) is 0 Å². The Bertz CT molecular complexity index is 1530. The van der Waals surface area contributed by atoms with E-state index in [1.807, 2.05) is 37.1 Å². The number of fused-ring (bicyclic) bond motifs is 1. The Morgan fingerprint density at radius 3 is 2.27 bits per heavy atom. The number of hydrogen-bond donors (Lipinski definition) is 1. The van der Waals surface area contributed by atoms with Gasteiger partial charge in [-0.25, -0.2) is 13.4 Å². The third kappa shape index (κ3) is 4.48. The Morgan fingerprint density at radius 2 is 1.65 bits per heavy atom. The lowest BCUT2D eigenvalue weighted by atomic mass is 9.87. The van der Waals surface area contributed by atoms with Gasteiger partial charge in [-0.3, -0.25) is 4.68 Å². The summed E-state index contributed by atoms with van der Waals surface area (Å²) in [6.45, 7) is 3.42. The zero-order valence-corrected chi connectivity index (χ0v) is 22.3. The van der Waals surface area contributed by atoms with Crippen LogP contribution in [0.25, 0.3) is 22.2 Å². The van der Waals surface area contributed by atoms with Crippen LogP contribution in [0.1, 0.15) is 18.9 Å². The summed E-state index contributed by atoms with van der Waals surface area (Å²) in [6, 6.07) is 12.5. The fourth-order valence-electron chi connectivity index (χ4n) is 5.51. The number of aromatic nitrogens is 4. The molecule has 0 bridgehead atoms. The molecule has 2 fully saturated rings. The first kappa shape index (κ1) is 24.0. The van der Waals surface area contributed by atoms with E-state index in [1.54, 1.807) is 12.1 Å². The molecule has 37 heavy (non-hydrogen) atoms. The van der Waals surface area contributed by atoms with E-state index in [1.165, 1.54) is 11.8 Å². The quantitative estimate of drug-likeness (QED) is 0.419. The van der Waals surface area contributed by atoms with Gasteiger partial charge in [0.1, 0.15) is 11.5 Å². The minimum absolute atomic E-state index is 0.355. The van der Waals surface area contributed by atoms with Gasteiger partial charge in [-0.1, -0.05) is 0 Å². The molecule has 1 aliphatic heterocycles. The normalized spacial score (nSPS) is 20.4. The predicted octanol–water partition coefficient (Wildman–Crippen LogP) is 3.09. The van der Waals surface area contributed by atoms with Crippen LogP contribution in [0.5, 0.6) is 0 Å². The Hall–Kier alpha value is -3.37. The molecular formula is C27H33N7O2S. The molecule has 4 heterocycles. The molecule has 2 aliphatic rings.